The number of anilines is 1. The van der Waals surface area contributed by atoms with E-state index in [9.17, 15) is 0 Å². The van der Waals surface area contributed by atoms with Gasteiger partial charge in [-0.1, -0.05) is 6.07 Å². The summed E-state index contributed by atoms with van der Waals surface area (Å²) in [4.78, 5) is 10.7. The van der Waals surface area contributed by atoms with Gasteiger partial charge in [-0.15, -0.1) is 0 Å². The Morgan fingerprint density at radius 1 is 1.37 bits per heavy atom. The molecule has 19 heavy (non-hydrogen) atoms. The molecule has 1 aromatic heterocycles. The Kier molecular flexibility index (Phi) is 7.10. The summed E-state index contributed by atoms with van der Waals surface area (Å²) in [7, 11) is 5.75. The van der Waals surface area contributed by atoms with Gasteiger partial charge in [-0.2, -0.15) is 11.8 Å². The summed E-state index contributed by atoms with van der Waals surface area (Å²) >= 11 is 1.81. The van der Waals surface area contributed by atoms with Crippen LogP contribution in [-0.4, -0.2) is 50.6 Å². The minimum atomic E-state index is 0.667. The summed E-state index contributed by atoms with van der Waals surface area (Å²) in [5.74, 6) is 2.84. The Labute approximate surface area is 119 Å². The predicted octanol–water partition coefficient (Wildman–Crippen LogP) is 1.18. The second-order valence-electron chi connectivity index (χ2n) is 4.23. The van der Waals surface area contributed by atoms with E-state index in [4.69, 9.17) is 0 Å². The van der Waals surface area contributed by atoms with E-state index >= 15 is 0 Å². The van der Waals surface area contributed by atoms with Crippen molar-refractivity contribution in [1.29, 1.82) is 0 Å². The first kappa shape index (κ1) is 15.6. The molecule has 5 nitrogen and oxygen atoms in total. The molecule has 0 fully saturated rings. The van der Waals surface area contributed by atoms with E-state index in [1.165, 1.54) is 0 Å². The maximum Gasteiger partial charge on any atom is 0.191 e. The topological polar surface area (TPSA) is 52.6 Å². The van der Waals surface area contributed by atoms with Gasteiger partial charge in [0.2, 0.25) is 0 Å². The lowest BCUT2D eigenvalue weighted by Crippen LogP contribution is -2.38. The molecule has 2 N–H and O–H groups in total. The Balaban J connectivity index is 2.48. The summed E-state index contributed by atoms with van der Waals surface area (Å²) in [5, 5.41) is 6.52. The van der Waals surface area contributed by atoms with Crippen molar-refractivity contribution in [3.05, 3.63) is 23.9 Å². The molecule has 0 bridgehead atoms. The van der Waals surface area contributed by atoms with Gasteiger partial charge in [0.05, 0.1) is 12.2 Å². The number of guanidine groups is 1. The van der Waals surface area contributed by atoms with Crippen LogP contribution in [-0.2, 0) is 6.54 Å². The van der Waals surface area contributed by atoms with Crippen molar-refractivity contribution in [2.45, 2.75) is 6.54 Å². The van der Waals surface area contributed by atoms with Gasteiger partial charge in [-0.3, -0.25) is 4.99 Å². The van der Waals surface area contributed by atoms with Crippen molar-refractivity contribution >= 4 is 23.5 Å². The van der Waals surface area contributed by atoms with Crippen LogP contribution < -0.4 is 15.5 Å². The second kappa shape index (κ2) is 8.63. The highest BCUT2D eigenvalue weighted by Crippen LogP contribution is 2.07. The molecule has 0 aliphatic carbocycles. The highest BCUT2D eigenvalue weighted by molar-refractivity contribution is 7.98. The number of thioether (sulfide) groups is 1. The lowest BCUT2D eigenvalue weighted by molar-refractivity contribution is 0.811. The predicted molar refractivity (Wildman–Crippen MR) is 85.1 cm³/mol. The molecule has 0 saturated heterocycles. The molecule has 0 spiro atoms. The fourth-order valence-electron chi connectivity index (χ4n) is 1.48. The van der Waals surface area contributed by atoms with Gasteiger partial charge in [-0.25, -0.2) is 4.98 Å². The Bertz CT molecular complexity index is 406. The highest BCUT2D eigenvalue weighted by atomic mass is 32.2. The molecule has 1 heterocycles. The molecule has 0 aliphatic rings. The third-order valence-corrected chi connectivity index (χ3v) is 3.12. The standard InChI is InChI=1S/C13H23N5S/c1-14-13(15-8-9-19-4)16-10-11-6-5-7-12(17-11)18(2)3/h5-7H,8-10H2,1-4H3,(H2,14,15,16). The first-order chi connectivity index (χ1) is 9.17. The SMILES string of the molecule is CN=C(NCCSC)NCc1cccc(N(C)C)n1. The quantitative estimate of drug-likeness (QED) is 0.466. The average Bonchev–Trinajstić information content (AvgIpc) is 2.43. The average molecular weight is 281 g/mol. The molecule has 0 aliphatic heterocycles. The van der Waals surface area contributed by atoms with Crippen LogP contribution in [0.1, 0.15) is 5.69 Å². The number of aromatic nitrogens is 1. The summed E-state index contributed by atoms with van der Waals surface area (Å²) in [6, 6.07) is 6.02. The van der Waals surface area contributed by atoms with E-state index in [0.29, 0.717) is 6.54 Å². The van der Waals surface area contributed by atoms with Gasteiger partial charge < -0.3 is 15.5 Å². The fourth-order valence-corrected chi connectivity index (χ4v) is 1.79. The fraction of sp³-hybridized carbons (Fsp3) is 0.538. The Morgan fingerprint density at radius 2 is 2.16 bits per heavy atom. The molecular weight excluding hydrogens is 258 g/mol. The molecule has 0 saturated carbocycles. The van der Waals surface area contributed by atoms with Gasteiger partial charge >= 0.3 is 0 Å². The third kappa shape index (κ3) is 5.83. The second-order valence-corrected chi connectivity index (χ2v) is 5.21. The van der Waals surface area contributed by atoms with E-state index < -0.39 is 0 Å². The lowest BCUT2D eigenvalue weighted by Gasteiger charge is -2.14. The summed E-state index contributed by atoms with van der Waals surface area (Å²) < 4.78 is 0. The third-order valence-electron chi connectivity index (χ3n) is 2.51. The number of hydrogen-bond donors (Lipinski definition) is 2. The van der Waals surface area contributed by atoms with Gasteiger partial charge in [0.25, 0.3) is 0 Å². The molecule has 0 aromatic carbocycles. The normalized spacial score (nSPS) is 11.3. The van der Waals surface area contributed by atoms with Crippen molar-refractivity contribution in [1.82, 2.24) is 15.6 Å². The Morgan fingerprint density at radius 3 is 2.79 bits per heavy atom. The molecular formula is C13H23N5S. The van der Waals surface area contributed by atoms with Crippen LogP contribution in [0.2, 0.25) is 0 Å². The van der Waals surface area contributed by atoms with Crippen molar-refractivity contribution in [3.63, 3.8) is 0 Å². The van der Waals surface area contributed by atoms with E-state index in [-0.39, 0.29) is 0 Å². The summed E-state index contributed by atoms with van der Waals surface area (Å²) in [5.41, 5.74) is 0.999. The van der Waals surface area contributed by atoms with Crippen LogP contribution >= 0.6 is 11.8 Å². The number of rotatable bonds is 6. The minimum absolute atomic E-state index is 0.667. The van der Waals surface area contributed by atoms with Gasteiger partial charge in [0.1, 0.15) is 5.82 Å². The maximum absolute atomic E-state index is 4.55. The zero-order chi connectivity index (χ0) is 14.1. The summed E-state index contributed by atoms with van der Waals surface area (Å²) in [6.07, 6.45) is 2.09. The van der Waals surface area contributed by atoms with Gasteiger partial charge in [-0.05, 0) is 18.4 Å². The largest absolute Gasteiger partial charge is 0.363 e. The molecule has 0 radical (unpaired) electrons. The van der Waals surface area contributed by atoms with Crippen LogP contribution in [0.4, 0.5) is 5.82 Å². The van der Waals surface area contributed by atoms with Crippen molar-refractivity contribution in [2.75, 3.05) is 44.6 Å². The van der Waals surface area contributed by atoms with E-state index in [0.717, 1.165) is 29.8 Å². The summed E-state index contributed by atoms with van der Waals surface area (Å²) in [6.45, 7) is 1.58. The van der Waals surface area contributed by atoms with Crippen LogP contribution in [0, 0.1) is 0 Å². The highest BCUT2D eigenvalue weighted by Gasteiger charge is 2.01. The van der Waals surface area contributed by atoms with Crippen molar-refractivity contribution in [3.8, 4) is 0 Å². The number of pyridine rings is 1. The zero-order valence-electron chi connectivity index (χ0n) is 12.1. The smallest absolute Gasteiger partial charge is 0.191 e. The van der Waals surface area contributed by atoms with E-state index in [1.54, 1.807) is 7.05 Å². The van der Waals surface area contributed by atoms with E-state index in [1.807, 2.05) is 49.0 Å². The molecule has 0 amide bonds. The monoisotopic (exact) mass is 281 g/mol. The van der Waals surface area contributed by atoms with Crippen molar-refractivity contribution in [2.24, 2.45) is 4.99 Å². The molecule has 106 valence electrons. The number of hydrogen-bond acceptors (Lipinski definition) is 4. The van der Waals surface area contributed by atoms with Gasteiger partial charge in [0, 0.05) is 33.4 Å². The minimum Gasteiger partial charge on any atom is -0.363 e. The van der Waals surface area contributed by atoms with Crippen LogP contribution in [0.5, 0.6) is 0 Å². The molecule has 1 rings (SSSR count). The maximum atomic E-state index is 4.55. The van der Waals surface area contributed by atoms with Crippen LogP contribution in [0.15, 0.2) is 23.2 Å². The van der Waals surface area contributed by atoms with E-state index in [2.05, 4.69) is 26.9 Å². The first-order valence-corrected chi connectivity index (χ1v) is 7.63. The molecule has 1 aromatic rings. The van der Waals surface area contributed by atoms with Gasteiger partial charge in [0.15, 0.2) is 5.96 Å². The van der Waals surface area contributed by atoms with Crippen LogP contribution in [0.25, 0.3) is 0 Å². The molecule has 6 heteroatoms. The first-order valence-electron chi connectivity index (χ1n) is 6.24. The van der Waals surface area contributed by atoms with Crippen molar-refractivity contribution < 1.29 is 0 Å². The van der Waals surface area contributed by atoms with Crippen LogP contribution in [0.3, 0.4) is 0 Å². The molecule has 0 atom stereocenters. The number of aliphatic imine (C=N–C) groups is 1. The molecule has 0 unspecified atom stereocenters. The number of nitrogens with one attached hydrogen (secondary N) is 2. The zero-order valence-corrected chi connectivity index (χ0v) is 12.9. The Hall–Kier alpha value is -1.43. The number of nitrogens with zero attached hydrogens (tertiary/aromatic N) is 3. The lowest BCUT2D eigenvalue weighted by atomic mass is 10.3.